The summed E-state index contributed by atoms with van der Waals surface area (Å²) in [5.41, 5.74) is 5.52. The van der Waals surface area contributed by atoms with Crippen molar-refractivity contribution in [3.63, 3.8) is 0 Å². The number of aliphatic imine (C=N–C) groups is 1. The van der Waals surface area contributed by atoms with Gasteiger partial charge in [0.05, 0.1) is 17.3 Å². The van der Waals surface area contributed by atoms with Gasteiger partial charge in [-0.15, -0.1) is 0 Å². The summed E-state index contributed by atoms with van der Waals surface area (Å²) in [6, 6.07) is 19.4. The first kappa shape index (κ1) is 16.2. The number of hydrogen-bond donors (Lipinski definition) is 1. The molecule has 0 unspecified atom stereocenters. The highest BCUT2D eigenvalue weighted by molar-refractivity contribution is 8.14. The predicted molar refractivity (Wildman–Crippen MR) is 110 cm³/mol. The molecule has 126 valence electrons. The van der Waals surface area contributed by atoms with Crippen molar-refractivity contribution in [2.75, 3.05) is 11.1 Å². The van der Waals surface area contributed by atoms with Gasteiger partial charge in [0, 0.05) is 22.4 Å². The van der Waals surface area contributed by atoms with Gasteiger partial charge in [0.1, 0.15) is 0 Å². The van der Waals surface area contributed by atoms with Crippen LogP contribution in [0.25, 0.3) is 22.2 Å². The summed E-state index contributed by atoms with van der Waals surface area (Å²) in [7, 11) is 0. The van der Waals surface area contributed by atoms with E-state index in [2.05, 4.69) is 72.7 Å². The number of thioether (sulfide) groups is 1. The molecule has 3 aromatic rings. The van der Waals surface area contributed by atoms with Crippen LogP contribution in [0.2, 0.25) is 0 Å². The number of amidine groups is 1. The van der Waals surface area contributed by atoms with Gasteiger partial charge in [-0.2, -0.15) is 0 Å². The number of para-hydroxylation sites is 1. The van der Waals surface area contributed by atoms with Gasteiger partial charge in [0.25, 0.3) is 0 Å². The van der Waals surface area contributed by atoms with Crippen LogP contribution in [0.4, 0.5) is 5.69 Å². The van der Waals surface area contributed by atoms with Crippen LogP contribution in [0.1, 0.15) is 18.9 Å². The van der Waals surface area contributed by atoms with Crippen LogP contribution in [-0.4, -0.2) is 21.9 Å². The number of pyridine rings is 1. The zero-order chi connectivity index (χ0) is 17.2. The highest BCUT2D eigenvalue weighted by Gasteiger charge is 2.16. The number of hydrogen-bond acceptors (Lipinski definition) is 4. The average molecular weight is 347 g/mol. The van der Waals surface area contributed by atoms with Crippen LogP contribution < -0.4 is 5.32 Å². The Hall–Kier alpha value is -2.33. The van der Waals surface area contributed by atoms with Crippen molar-refractivity contribution >= 4 is 33.5 Å². The van der Waals surface area contributed by atoms with Gasteiger partial charge in [-0.1, -0.05) is 49.0 Å². The second-order valence-electron chi connectivity index (χ2n) is 6.35. The third-order valence-electron chi connectivity index (χ3n) is 4.54. The van der Waals surface area contributed by atoms with Gasteiger partial charge in [0.2, 0.25) is 0 Å². The number of benzene rings is 2. The van der Waals surface area contributed by atoms with E-state index in [1.54, 1.807) is 11.8 Å². The standard InChI is InChI=1S/C21H21N3S/c1-3-16-13-25-21(22-16)23-17-10-8-15(9-11-17)20-12-14(2)18-6-4-5-7-19(18)24-20/h4-12,16H,3,13H2,1-2H3,(H,22,23)/t16-/m0/s1. The van der Waals surface area contributed by atoms with E-state index >= 15 is 0 Å². The van der Waals surface area contributed by atoms with Crippen molar-refractivity contribution in [2.45, 2.75) is 26.3 Å². The van der Waals surface area contributed by atoms with Gasteiger partial charge in [-0.3, -0.25) is 4.99 Å². The van der Waals surface area contributed by atoms with Crippen LogP contribution in [0.3, 0.4) is 0 Å². The normalized spacial score (nSPS) is 16.9. The third-order valence-corrected chi connectivity index (χ3v) is 5.57. The molecule has 1 aliphatic heterocycles. The zero-order valence-electron chi connectivity index (χ0n) is 14.5. The van der Waals surface area contributed by atoms with E-state index in [0.717, 1.165) is 39.8 Å². The Morgan fingerprint density at radius 2 is 1.92 bits per heavy atom. The van der Waals surface area contributed by atoms with E-state index in [1.807, 2.05) is 6.07 Å². The van der Waals surface area contributed by atoms with Crippen molar-refractivity contribution in [2.24, 2.45) is 4.99 Å². The van der Waals surface area contributed by atoms with Crippen molar-refractivity contribution in [1.29, 1.82) is 0 Å². The highest BCUT2D eigenvalue weighted by Crippen LogP contribution is 2.26. The third kappa shape index (κ3) is 3.40. The van der Waals surface area contributed by atoms with E-state index in [9.17, 15) is 0 Å². The molecule has 0 bridgehead atoms. The quantitative estimate of drug-likeness (QED) is 0.679. The molecular formula is C21H21N3S. The molecule has 1 atom stereocenters. The Balaban J connectivity index is 1.58. The molecule has 4 rings (SSSR count). The Kier molecular flexibility index (Phi) is 4.45. The van der Waals surface area contributed by atoms with Gasteiger partial charge in [-0.05, 0) is 43.2 Å². The van der Waals surface area contributed by atoms with Gasteiger partial charge in [-0.25, -0.2) is 4.98 Å². The first-order valence-electron chi connectivity index (χ1n) is 8.67. The number of nitrogens with zero attached hydrogens (tertiary/aromatic N) is 2. The fourth-order valence-electron chi connectivity index (χ4n) is 3.04. The van der Waals surface area contributed by atoms with Crippen LogP contribution in [0.15, 0.2) is 59.6 Å². The van der Waals surface area contributed by atoms with Crippen molar-refractivity contribution < 1.29 is 0 Å². The number of nitrogens with one attached hydrogen (secondary N) is 1. The van der Waals surface area contributed by atoms with Crippen molar-refractivity contribution in [3.8, 4) is 11.3 Å². The lowest BCUT2D eigenvalue weighted by Crippen LogP contribution is -2.05. The lowest BCUT2D eigenvalue weighted by atomic mass is 10.0. The largest absolute Gasteiger partial charge is 0.335 e. The molecule has 0 amide bonds. The first-order valence-corrected chi connectivity index (χ1v) is 9.66. The maximum Gasteiger partial charge on any atom is 0.161 e. The molecule has 2 heterocycles. The van der Waals surface area contributed by atoms with Gasteiger partial charge < -0.3 is 5.32 Å². The topological polar surface area (TPSA) is 37.3 Å². The first-order chi connectivity index (χ1) is 12.2. The lowest BCUT2D eigenvalue weighted by molar-refractivity contribution is 0.738. The number of aryl methyl sites for hydroxylation is 1. The predicted octanol–water partition coefficient (Wildman–Crippen LogP) is 5.50. The molecule has 0 saturated carbocycles. The molecule has 0 aliphatic carbocycles. The minimum Gasteiger partial charge on any atom is -0.335 e. The number of fused-ring (bicyclic) bond motifs is 1. The second-order valence-corrected chi connectivity index (χ2v) is 7.36. The second kappa shape index (κ2) is 6.89. The number of anilines is 1. The van der Waals surface area contributed by atoms with Crippen LogP contribution in [0, 0.1) is 6.92 Å². The fraction of sp³-hybridized carbons (Fsp3) is 0.238. The summed E-state index contributed by atoms with van der Waals surface area (Å²) in [6.07, 6.45) is 1.10. The summed E-state index contributed by atoms with van der Waals surface area (Å²) in [6.45, 7) is 4.33. The highest BCUT2D eigenvalue weighted by atomic mass is 32.2. The van der Waals surface area contributed by atoms with Gasteiger partial charge in [0.15, 0.2) is 5.17 Å². The minimum absolute atomic E-state index is 0.455. The fourth-order valence-corrected chi connectivity index (χ4v) is 4.11. The SMILES string of the molecule is CC[C@H]1CSC(Nc2ccc(-c3cc(C)c4ccccc4n3)cc2)=N1. The summed E-state index contributed by atoms with van der Waals surface area (Å²) in [4.78, 5) is 9.50. The number of aromatic nitrogens is 1. The van der Waals surface area contributed by atoms with E-state index in [1.165, 1.54) is 10.9 Å². The Morgan fingerprint density at radius 3 is 2.68 bits per heavy atom. The van der Waals surface area contributed by atoms with E-state index in [-0.39, 0.29) is 0 Å². The van der Waals surface area contributed by atoms with Crippen LogP contribution in [-0.2, 0) is 0 Å². The molecule has 1 aliphatic rings. The molecule has 3 nitrogen and oxygen atoms in total. The smallest absolute Gasteiger partial charge is 0.161 e. The van der Waals surface area contributed by atoms with E-state index < -0.39 is 0 Å². The molecule has 0 spiro atoms. The van der Waals surface area contributed by atoms with Crippen LogP contribution in [0.5, 0.6) is 0 Å². The van der Waals surface area contributed by atoms with Crippen molar-refractivity contribution in [1.82, 2.24) is 4.98 Å². The molecule has 0 fully saturated rings. The summed E-state index contributed by atoms with van der Waals surface area (Å²) < 4.78 is 0. The van der Waals surface area contributed by atoms with Crippen LogP contribution >= 0.6 is 11.8 Å². The Labute approximate surface area is 152 Å². The maximum atomic E-state index is 4.81. The van der Waals surface area contributed by atoms with Crippen molar-refractivity contribution in [3.05, 3.63) is 60.2 Å². The minimum atomic E-state index is 0.455. The Morgan fingerprint density at radius 1 is 1.12 bits per heavy atom. The number of rotatable bonds is 3. The van der Waals surface area contributed by atoms with E-state index in [4.69, 9.17) is 4.98 Å². The monoisotopic (exact) mass is 347 g/mol. The molecule has 0 saturated heterocycles. The molecule has 25 heavy (non-hydrogen) atoms. The summed E-state index contributed by atoms with van der Waals surface area (Å²) >= 11 is 1.80. The van der Waals surface area contributed by atoms with Gasteiger partial charge >= 0.3 is 0 Å². The zero-order valence-corrected chi connectivity index (χ0v) is 15.3. The molecule has 1 aromatic heterocycles. The molecule has 2 aromatic carbocycles. The molecule has 4 heteroatoms. The van der Waals surface area contributed by atoms with E-state index in [0.29, 0.717) is 6.04 Å². The lowest BCUT2D eigenvalue weighted by Gasteiger charge is -2.09. The summed E-state index contributed by atoms with van der Waals surface area (Å²) in [5, 5.41) is 5.66. The Bertz CT molecular complexity index is 932. The molecular weight excluding hydrogens is 326 g/mol. The molecule has 1 N–H and O–H groups in total. The average Bonchev–Trinajstić information content (AvgIpc) is 3.10. The summed E-state index contributed by atoms with van der Waals surface area (Å²) in [5.74, 6) is 1.08. The maximum absolute atomic E-state index is 4.81. The molecule has 0 radical (unpaired) electrons.